The molecule has 0 aromatic heterocycles. The number of aliphatic hydroxyl groups is 1. The molecule has 12 nitrogen and oxygen atoms in total. The van der Waals surface area contributed by atoms with Crippen LogP contribution < -0.4 is 26.8 Å². The number of carbonyl (C=O) groups is 2. The third kappa shape index (κ3) is 10.6. The first-order chi connectivity index (χ1) is 31.4. The number of nitrogens with zero attached hydrogens (tertiary/aromatic N) is 2. The SMILES string of the molecule is CC(=O)O[C@@H]1CCc2cc(c(O)c3c2CC[C@@H]2CCC[C@@H]2O3)CN2C[C@](CC3=CCNC(N)=C3)(CCN=C(N)N[C@@]3(CCCC34CCCC4)SSC3CCC(CC3)CC[C@H](O)C1)CC2=O. The van der Waals surface area contributed by atoms with Gasteiger partial charge in [-0.15, -0.1) is 0 Å². The third-order valence-corrected chi connectivity index (χ3v) is 20.8. The predicted molar refractivity (Wildman–Crippen MR) is 260 cm³/mol. The summed E-state index contributed by atoms with van der Waals surface area (Å²) in [6.07, 6.45) is 26.3. The summed E-state index contributed by atoms with van der Waals surface area (Å²) < 4.78 is 12.7. The fourth-order valence-corrected chi connectivity index (χ4v) is 17.5. The Bertz CT molecular complexity index is 1990. The van der Waals surface area contributed by atoms with Crippen LogP contribution in [-0.2, 0) is 33.7 Å². The van der Waals surface area contributed by atoms with E-state index in [1.807, 2.05) is 21.8 Å². The highest BCUT2D eigenvalue weighted by molar-refractivity contribution is 8.77. The zero-order valence-corrected chi connectivity index (χ0v) is 40.5. The molecule has 0 radical (unpaired) electrons. The number of amides is 1. The van der Waals surface area contributed by atoms with Crippen LogP contribution in [0.3, 0.4) is 0 Å². The number of hydrogen-bond donors (Lipinski definition) is 6. The Morgan fingerprint density at radius 3 is 2.57 bits per heavy atom. The Labute approximate surface area is 395 Å². The summed E-state index contributed by atoms with van der Waals surface area (Å²) >= 11 is 0. The first-order valence-electron chi connectivity index (χ1n) is 25.4. The van der Waals surface area contributed by atoms with Gasteiger partial charge in [0.05, 0.1) is 11.9 Å². The number of aliphatic imine (C=N–C) groups is 1. The van der Waals surface area contributed by atoms with Gasteiger partial charge in [-0.3, -0.25) is 14.6 Å². The molecule has 4 saturated carbocycles. The largest absolute Gasteiger partial charge is 0.504 e. The monoisotopic (exact) mass is 933 g/mol. The van der Waals surface area contributed by atoms with E-state index < -0.39 is 17.6 Å². The molecule has 6 atom stereocenters. The summed E-state index contributed by atoms with van der Waals surface area (Å²) in [5, 5.41) is 31.3. The van der Waals surface area contributed by atoms with Crippen molar-refractivity contribution in [1.82, 2.24) is 15.5 Å². The minimum atomic E-state index is -0.562. The lowest BCUT2D eigenvalue weighted by Gasteiger charge is -2.45. The Morgan fingerprint density at radius 1 is 0.969 bits per heavy atom. The standard InChI is InChI=1S/C51H76N6O6S2/c1-33(58)62-40-14-11-37-27-38(46(61)47-42(37)17-12-36-6-4-7-43(36)63-47)31-57-32-49(30-45(57)60,29-35-18-24-54-44(52)26-35)23-25-55-48(53)56-51(22-5-21-50(51)19-2-3-20-50)65-64-41-15-9-34(10-16-41)8-13-39(59)28-40/h18,26-27,34,36,39-41,43,54,59,61H,2-17,19-25,28-32,52H2,1H3,(H3,53,55,56)/t34?,36-,39-,40+,41?,43-,49-,51-/m0/s1. The van der Waals surface area contributed by atoms with Gasteiger partial charge in [0.15, 0.2) is 17.5 Å². The summed E-state index contributed by atoms with van der Waals surface area (Å²) in [6, 6.07) is 2.08. The van der Waals surface area contributed by atoms with E-state index in [-0.39, 0.29) is 40.6 Å². The molecule has 1 aromatic rings. The average Bonchev–Trinajstić information content (AvgIpc) is 4.05. The predicted octanol–water partition coefficient (Wildman–Crippen LogP) is 8.41. The molecule has 14 heteroatoms. The van der Waals surface area contributed by atoms with Crippen LogP contribution in [0, 0.1) is 22.7 Å². The van der Waals surface area contributed by atoms with Crippen LogP contribution in [-0.4, -0.2) is 81.0 Å². The Hall–Kier alpha value is -3.23. The molecule has 5 aliphatic heterocycles. The number of benzene rings is 1. The second-order valence-corrected chi connectivity index (χ2v) is 24.3. The highest BCUT2D eigenvalue weighted by Gasteiger charge is 2.57. The molecular weight excluding hydrogens is 857 g/mol. The van der Waals surface area contributed by atoms with Crippen molar-refractivity contribution in [2.75, 3.05) is 19.6 Å². The van der Waals surface area contributed by atoms with Gasteiger partial charge in [-0.25, -0.2) is 0 Å². The molecule has 9 aliphatic rings. The minimum absolute atomic E-state index is 0.0520. The van der Waals surface area contributed by atoms with Crippen LogP contribution in [0.1, 0.15) is 165 Å². The van der Waals surface area contributed by atoms with Gasteiger partial charge in [-0.1, -0.05) is 40.5 Å². The maximum Gasteiger partial charge on any atom is 0.302 e. The number of aliphatic hydroxyl groups excluding tert-OH is 1. The van der Waals surface area contributed by atoms with Gasteiger partial charge >= 0.3 is 5.97 Å². The first-order valence-corrected chi connectivity index (χ1v) is 27.6. The number of dihydropyridines is 1. The van der Waals surface area contributed by atoms with E-state index in [0.717, 1.165) is 61.6 Å². The van der Waals surface area contributed by atoms with Crippen molar-refractivity contribution < 1.29 is 29.3 Å². The number of carbonyl (C=O) groups excluding carboxylic acids is 2. The Kier molecular flexibility index (Phi) is 14.5. The number of aromatic hydroxyl groups is 1. The third-order valence-electron chi connectivity index (χ3n) is 17.0. The molecule has 5 heterocycles. The van der Waals surface area contributed by atoms with E-state index in [9.17, 15) is 19.8 Å². The van der Waals surface area contributed by atoms with Gasteiger partial charge in [-0.05, 0) is 164 Å². The number of ether oxygens (including phenoxy) is 2. The van der Waals surface area contributed by atoms with Crippen LogP contribution in [0.15, 0.2) is 34.6 Å². The second kappa shape index (κ2) is 20.2. The van der Waals surface area contributed by atoms with Crippen LogP contribution in [0.5, 0.6) is 11.5 Å². The number of aryl methyl sites for hydroxylation is 1. The van der Waals surface area contributed by atoms with Crippen molar-refractivity contribution in [3.05, 3.63) is 46.3 Å². The molecule has 0 unspecified atom stereocenters. The maximum absolute atomic E-state index is 14.4. The number of fused-ring (bicyclic) bond motifs is 14. The summed E-state index contributed by atoms with van der Waals surface area (Å²) in [6.45, 7) is 3.36. The number of nitrogens with one attached hydrogen (secondary N) is 2. The van der Waals surface area contributed by atoms with Crippen molar-refractivity contribution in [3.63, 3.8) is 0 Å². The lowest BCUT2D eigenvalue weighted by atomic mass is 9.77. The number of phenols is 1. The van der Waals surface area contributed by atoms with Crippen LogP contribution in [0.4, 0.5) is 0 Å². The summed E-state index contributed by atoms with van der Waals surface area (Å²) in [4.78, 5) is 33.7. The molecule has 6 bridgehead atoms. The summed E-state index contributed by atoms with van der Waals surface area (Å²) in [7, 11) is 4.12. The Balaban J connectivity index is 1.04. The zero-order chi connectivity index (χ0) is 45.2. The van der Waals surface area contributed by atoms with E-state index in [2.05, 4.69) is 33.6 Å². The van der Waals surface area contributed by atoms with E-state index in [1.54, 1.807) is 0 Å². The summed E-state index contributed by atoms with van der Waals surface area (Å²) in [5.41, 5.74) is 16.9. The molecule has 8 N–H and O–H groups in total. The van der Waals surface area contributed by atoms with Gasteiger partial charge in [0.25, 0.3) is 0 Å². The topological polar surface area (TPSA) is 185 Å². The number of guanidine groups is 1. The van der Waals surface area contributed by atoms with Crippen LogP contribution in [0.2, 0.25) is 0 Å². The first kappa shape index (κ1) is 46.9. The van der Waals surface area contributed by atoms with E-state index in [0.29, 0.717) is 105 Å². The van der Waals surface area contributed by atoms with Crippen molar-refractivity contribution in [3.8, 4) is 11.5 Å². The van der Waals surface area contributed by atoms with Gasteiger partial charge in [-0.2, -0.15) is 0 Å². The van der Waals surface area contributed by atoms with Gasteiger partial charge in [0.1, 0.15) is 17.1 Å². The van der Waals surface area contributed by atoms with Crippen molar-refractivity contribution >= 4 is 39.4 Å². The maximum atomic E-state index is 14.4. The number of nitrogens with two attached hydrogens (primary N) is 2. The van der Waals surface area contributed by atoms with E-state index in [1.165, 1.54) is 71.1 Å². The van der Waals surface area contributed by atoms with Crippen molar-refractivity contribution in [2.24, 2.45) is 39.1 Å². The van der Waals surface area contributed by atoms with Gasteiger partial charge < -0.3 is 46.7 Å². The van der Waals surface area contributed by atoms with Gasteiger partial charge in [0.2, 0.25) is 5.91 Å². The van der Waals surface area contributed by atoms with Gasteiger partial charge in [0, 0.05) is 73.2 Å². The lowest BCUT2D eigenvalue weighted by molar-refractivity contribution is -0.148. The minimum Gasteiger partial charge on any atom is -0.504 e. The second-order valence-electron chi connectivity index (χ2n) is 21.5. The molecule has 358 valence electrons. The number of hydrogen-bond acceptors (Lipinski definition) is 13. The zero-order valence-electron chi connectivity index (χ0n) is 38.9. The molecule has 10 rings (SSSR count). The Morgan fingerprint density at radius 2 is 1.77 bits per heavy atom. The molecule has 5 fully saturated rings. The smallest absolute Gasteiger partial charge is 0.302 e. The molecule has 2 spiro atoms. The van der Waals surface area contributed by atoms with E-state index >= 15 is 0 Å². The number of rotatable bonds is 3. The number of phenolic OH excluding ortho intramolecular Hbond substituents is 1. The highest BCUT2D eigenvalue weighted by atomic mass is 33.1. The van der Waals surface area contributed by atoms with Crippen LogP contribution in [0.25, 0.3) is 0 Å². The molecule has 1 amide bonds. The quantitative estimate of drug-likeness (QED) is 0.126. The normalized spacial score (nSPS) is 34.6. The van der Waals surface area contributed by atoms with Crippen molar-refractivity contribution in [2.45, 2.75) is 196 Å². The molecule has 65 heavy (non-hydrogen) atoms. The number of esters is 1. The lowest BCUT2D eigenvalue weighted by Crippen LogP contribution is -2.55. The highest BCUT2D eigenvalue weighted by Crippen LogP contribution is 2.64. The number of allylic oxidation sites excluding steroid dienone is 2. The van der Waals surface area contributed by atoms with E-state index in [4.69, 9.17) is 25.9 Å². The fraction of sp³-hybridized carbons (Fsp3) is 0.745. The molecule has 1 saturated heterocycles. The molecule has 4 aliphatic carbocycles. The molecular formula is C51H76N6O6S2. The fourth-order valence-electron chi connectivity index (χ4n) is 13.5. The van der Waals surface area contributed by atoms with Crippen molar-refractivity contribution in [1.29, 1.82) is 0 Å². The average molecular weight is 933 g/mol. The van der Waals surface area contributed by atoms with Crippen LogP contribution >= 0.6 is 21.6 Å². The molecule has 1 aromatic carbocycles. The summed E-state index contributed by atoms with van der Waals surface area (Å²) in [5.74, 6) is 2.58.